The highest BCUT2D eigenvalue weighted by Crippen LogP contribution is 2.27. The lowest BCUT2D eigenvalue weighted by atomic mass is 10.0. The van der Waals surface area contributed by atoms with Crippen LogP contribution in [0.5, 0.6) is 0 Å². The van der Waals surface area contributed by atoms with Gasteiger partial charge < -0.3 is 9.64 Å². The maximum absolute atomic E-state index is 12.2. The molecular weight excluding hydrogens is 358 g/mol. The summed E-state index contributed by atoms with van der Waals surface area (Å²) in [5, 5.41) is 2.13. The molecule has 1 aromatic heterocycles. The first-order chi connectivity index (χ1) is 13.0. The van der Waals surface area contributed by atoms with E-state index in [0.29, 0.717) is 25.8 Å². The first-order valence-electron chi connectivity index (χ1n) is 9.51. The molecule has 0 spiro atoms. The molecular formula is C22H29NO3S. The summed E-state index contributed by atoms with van der Waals surface area (Å²) in [6, 6.07) is 10.4. The van der Waals surface area contributed by atoms with Gasteiger partial charge in [0.25, 0.3) is 0 Å². The fraction of sp³-hybridized carbons (Fsp3) is 0.455. The zero-order valence-corrected chi connectivity index (χ0v) is 17.3. The number of aryl methyl sites for hydroxylation is 1. The average molecular weight is 388 g/mol. The molecule has 1 aromatic carbocycles. The molecule has 0 N–H and O–H groups in total. The number of methoxy groups -OCH3 is 1. The van der Waals surface area contributed by atoms with Crippen LogP contribution in [-0.2, 0) is 27.3 Å². The van der Waals surface area contributed by atoms with Crippen molar-refractivity contribution in [3.05, 3.63) is 46.2 Å². The summed E-state index contributed by atoms with van der Waals surface area (Å²) in [6.45, 7) is 2.81. The molecule has 2 rings (SSSR count). The van der Waals surface area contributed by atoms with Gasteiger partial charge in [0.2, 0.25) is 5.91 Å². The number of nitrogens with zero attached hydrogens (tertiary/aromatic N) is 1. The molecule has 0 saturated carbocycles. The molecule has 0 bridgehead atoms. The van der Waals surface area contributed by atoms with Crippen LogP contribution in [0.4, 0.5) is 0 Å². The second-order valence-corrected chi connectivity index (χ2v) is 7.78. The Kier molecular flexibility index (Phi) is 8.52. The Bertz CT molecular complexity index is 736. The maximum Gasteiger partial charge on any atom is 0.305 e. The van der Waals surface area contributed by atoms with Crippen molar-refractivity contribution in [3.63, 3.8) is 0 Å². The molecule has 0 fully saturated rings. The van der Waals surface area contributed by atoms with Crippen LogP contribution < -0.4 is 0 Å². The van der Waals surface area contributed by atoms with E-state index in [4.69, 9.17) is 0 Å². The Morgan fingerprint density at radius 1 is 1.07 bits per heavy atom. The molecule has 5 heteroatoms. The quantitative estimate of drug-likeness (QED) is 0.423. The third-order valence-corrected chi connectivity index (χ3v) is 5.52. The van der Waals surface area contributed by atoms with Gasteiger partial charge in [-0.3, -0.25) is 9.59 Å². The van der Waals surface area contributed by atoms with Gasteiger partial charge in [0, 0.05) is 24.8 Å². The predicted octanol–water partition coefficient (Wildman–Crippen LogP) is 5.06. The number of benzene rings is 1. The van der Waals surface area contributed by atoms with Crippen LogP contribution in [0.15, 0.2) is 35.7 Å². The van der Waals surface area contributed by atoms with Crippen LogP contribution in [0, 0.1) is 0 Å². The third kappa shape index (κ3) is 6.83. The number of thiophene rings is 1. The van der Waals surface area contributed by atoms with Crippen molar-refractivity contribution in [3.8, 4) is 11.1 Å². The summed E-state index contributed by atoms with van der Waals surface area (Å²) in [4.78, 5) is 26.4. The van der Waals surface area contributed by atoms with Crippen LogP contribution >= 0.6 is 11.3 Å². The number of ether oxygens (including phenoxy) is 1. The van der Waals surface area contributed by atoms with Crippen molar-refractivity contribution >= 4 is 23.2 Å². The number of hydrogen-bond acceptors (Lipinski definition) is 4. The zero-order valence-electron chi connectivity index (χ0n) is 16.5. The molecule has 4 nitrogen and oxygen atoms in total. The Hall–Kier alpha value is -2.14. The summed E-state index contributed by atoms with van der Waals surface area (Å²) in [5.41, 5.74) is 3.44. The van der Waals surface area contributed by atoms with Gasteiger partial charge in [-0.1, -0.05) is 44.0 Å². The third-order valence-electron chi connectivity index (χ3n) is 4.60. The number of carbonyl (C=O) groups is 2. The summed E-state index contributed by atoms with van der Waals surface area (Å²) in [7, 11) is 3.29. The second kappa shape index (κ2) is 10.9. The van der Waals surface area contributed by atoms with Gasteiger partial charge in [0.15, 0.2) is 0 Å². The number of hydrogen-bond donors (Lipinski definition) is 0. The number of rotatable bonds is 10. The molecule has 0 aliphatic rings. The number of carbonyl (C=O) groups excluding carboxylic acids is 2. The SMILES string of the molecule is CCCCCC(=O)N(C)Cc1cc(-c2ccc(CCC(=O)OC)cc2)cs1. The van der Waals surface area contributed by atoms with E-state index in [1.165, 1.54) is 17.6 Å². The number of esters is 1. The molecule has 1 heterocycles. The summed E-state index contributed by atoms with van der Waals surface area (Å²) >= 11 is 1.68. The van der Waals surface area contributed by atoms with E-state index >= 15 is 0 Å². The molecule has 0 aliphatic carbocycles. The molecule has 0 unspecified atom stereocenters. The fourth-order valence-corrected chi connectivity index (χ4v) is 3.81. The maximum atomic E-state index is 12.2. The normalized spacial score (nSPS) is 10.6. The van der Waals surface area contributed by atoms with Gasteiger partial charge in [0.05, 0.1) is 13.7 Å². The van der Waals surface area contributed by atoms with Crippen LogP contribution in [-0.4, -0.2) is 30.9 Å². The second-order valence-electron chi connectivity index (χ2n) is 6.78. The van der Waals surface area contributed by atoms with Crippen molar-refractivity contribution in [2.75, 3.05) is 14.2 Å². The minimum atomic E-state index is -0.185. The van der Waals surface area contributed by atoms with E-state index in [1.54, 1.807) is 11.3 Å². The van der Waals surface area contributed by atoms with Gasteiger partial charge in [-0.25, -0.2) is 0 Å². The highest BCUT2D eigenvalue weighted by Gasteiger charge is 2.11. The van der Waals surface area contributed by atoms with Gasteiger partial charge in [0.1, 0.15) is 0 Å². The molecule has 2 aromatic rings. The van der Waals surface area contributed by atoms with E-state index in [-0.39, 0.29) is 11.9 Å². The molecule has 0 aliphatic heterocycles. The smallest absolute Gasteiger partial charge is 0.305 e. The monoisotopic (exact) mass is 387 g/mol. The molecule has 0 saturated heterocycles. The van der Waals surface area contributed by atoms with Crippen LogP contribution in [0.2, 0.25) is 0 Å². The summed E-state index contributed by atoms with van der Waals surface area (Å²) in [6.07, 6.45) is 4.93. The fourth-order valence-electron chi connectivity index (χ4n) is 2.87. The lowest BCUT2D eigenvalue weighted by Gasteiger charge is -2.16. The molecule has 146 valence electrons. The Labute approximate surface area is 166 Å². The molecule has 1 amide bonds. The molecule has 0 radical (unpaired) electrons. The topological polar surface area (TPSA) is 46.6 Å². The molecule has 27 heavy (non-hydrogen) atoms. The Morgan fingerprint density at radius 2 is 1.81 bits per heavy atom. The Balaban J connectivity index is 1.91. The number of amides is 1. The highest BCUT2D eigenvalue weighted by atomic mass is 32.1. The van der Waals surface area contributed by atoms with Crippen molar-refractivity contribution < 1.29 is 14.3 Å². The van der Waals surface area contributed by atoms with E-state index < -0.39 is 0 Å². The van der Waals surface area contributed by atoms with Gasteiger partial charge >= 0.3 is 5.97 Å². The number of unbranched alkanes of at least 4 members (excludes halogenated alkanes) is 2. The minimum absolute atomic E-state index is 0.185. The minimum Gasteiger partial charge on any atom is -0.469 e. The van der Waals surface area contributed by atoms with Crippen LogP contribution in [0.25, 0.3) is 11.1 Å². The largest absolute Gasteiger partial charge is 0.469 e. The van der Waals surface area contributed by atoms with E-state index in [9.17, 15) is 9.59 Å². The van der Waals surface area contributed by atoms with Gasteiger partial charge in [-0.2, -0.15) is 0 Å². The van der Waals surface area contributed by atoms with Crippen molar-refractivity contribution in [2.24, 2.45) is 0 Å². The zero-order chi connectivity index (χ0) is 19.6. The van der Waals surface area contributed by atoms with E-state index in [0.717, 1.165) is 30.4 Å². The summed E-state index contributed by atoms with van der Waals surface area (Å²) < 4.78 is 4.68. The van der Waals surface area contributed by atoms with Crippen molar-refractivity contribution in [1.29, 1.82) is 0 Å². The lowest BCUT2D eigenvalue weighted by Crippen LogP contribution is -2.25. The van der Waals surface area contributed by atoms with Gasteiger partial charge in [-0.15, -0.1) is 11.3 Å². The average Bonchev–Trinajstić information content (AvgIpc) is 3.15. The summed E-state index contributed by atoms with van der Waals surface area (Å²) in [5.74, 6) is 0.0308. The van der Waals surface area contributed by atoms with Crippen molar-refractivity contribution in [1.82, 2.24) is 4.90 Å². The first-order valence-corrected chi connectivity index (χ1v) is 10.4. The van der Waals surface area contributed by atoms with Crippen molar-refractivity contribution in [2.45, 2.75) is 52.0 Å². The van der Waals surface area contributed by atoms with Crippen LogP contribution in [0.3, 0.4) is 0 Å². The first kappa shape index (κ1) is 21.2. The highest BCUT2D eigenvalue weighted by molar-refractivity contribution is 7.10. The van der Waals surface area contributed by atoms with E-state index in [2.05, 4.69) is 47.4 Å². The van der Waals surface area contributed by atoms with Crippen LogP contribution in [0.1, 0.15) is 49.5 Å². The van der Waals surface area contributed by atoms with Gasteiger partial charge in [-0.05, 0) is 41.0 Å². The Morgan fingerprint density at radius 3 is 2.48 bits per heavy atom. The molecule has 0 atom stereocenters. The predicted molar refractivity (Wildman–Crippen MR) is 111 cm³/mol. The van der Waals surface area contributed by atoms with E-state index in [1.807, 2.05) is 11.9 Å². The standard InChI is InChI=1S/C22H29NO3S/c1-4-5-6-7-21(24)23(2)15-20-14-19(16-27-20)18-11-8-17(9-12-18)10-13-22(25)26-3/h8-9,11-12,14,16H,4-7,10,13,15H2,1-3H3. The lowest BCUT2D eigenvalue weighted by molar-refractivity contribution is -0.140.